The number of aromatic nitrogens is 2. The Morgan fingerprint density at radius 2 is 0.639 bits per heavy atom. The molecule has 0 amide bonds. The van der Waals surface area contributed by atoms with Gasteiger partial charge in [-0.05, 0) is 155 Å². The Bertz CT molecular complexity index is 3490. The number of amidine groups is 4. The van der Waals surface area contributed by atoms with Gasteiger partial charge in [0.25, 0.3) is 11.7 Å². The van der Waals surface area contributed by atoms with Crippen molar-refractivity contribution in [3.05, 3.63) is 123 Å². The zero-order chi connectivity index (χ0) is 39.2. The standard InChI is InChI=1S/C48H45N8.16Y/c1-17-16-32-33(25(9)18(17)2)41-50-43-36-28(12)21(5)22(6)29(13)37(36)45-52-47-39-31(15)24(8)23(7)30(14)38(39)46-51-44-35-27(11)20(4)19(3)26(10)34(35)42-49-40(32)53(41)48(54(42)44,55(43)45)56(46)47;;;;;;;;;;;;;;;;/h1-15H3;;;;;;;;;;;;;;;;/q+1;;;;;;;;;;;;;;;;/t48-;;;;;;;;;;;;;;;;/m0................/s1. The van der Waals surface area contributed by atoms with Crippen molar-refractivity contribution < 1.29 is 532 Å². The van der Waals surface area contributed by atoms with E-state index in [2.05, 4.69) is 128 Å². The number of benzene rings is 4. The van der Waals surface area contributed by atoms with Crippen molar-refractivity contribution in [3.63, 3.8) is 0 Å². The molecule has 0 fully saturated rings. The van der Waals surface area contributed by atoms with Gasteiger partial charge in [-0.2, -0.15) is 13.7 Å². The molecule has 2 aromatic heterocycles. The number of aryl methyl sites for hydroxylation is 5. The third kappa shape index (κ3) is 12.4. The van der Waals surface area contributed by atoms with E-state index in [9.17, 15) is 0 Å². The minimum Gasteiger partial charge on any atom is -0.198 e. The van der Waals surface area contributed by atoms with Crippen molar-refractivity contribution in [2.45, 2.75) is 110 Å². The van der Waals surface area contributed by atoms with Crippen molar-refractivity contribution in [1.82, 2.24) is 9.13 Å². The van der Waals surface area contributed by atoms with E-state index in [0.29, 0.717) is 0 Å². The van der Waals surface area contributed by atoms with Gasteiger partial charge < -0.3 is 0 Å². The van der Waals surface area contributed by atoms with Crippen LogP contribution in [0.1, 0.15) is 106 Å². The largest absolute Gasteiger partial charge is 0.396 e. The van der Waals surface area contributed by atoms with Gasteiger partial charge in [0, 0.05) is 523 Å². The first-order valence-corrected chi connectivity index (χ1v) is 20.0. The maximum atomic E-state index is 5.86. The Morgan fingerprint density at radius 1 is 0.319 bits per heavy atom. The van der Waals surface area contributed by atoms with Crippen molar-refractivity contribution in [2.24, 2.45) is 20.0 Å². The zero-order valence-electron chi connectivity index (χ0n) is 44.3. The molecule has 8 nitrogen and oxygen atoms in total. The third-order valence-electron chi connectivity index (χ3n) is 15.7. The average molecular weight is 2160 g/mol. The summed E-state index contributed by atoms with van der Waals surface area (Å²) >= 11 is 0. The second kappa shape index (κ2) is 34.0. The van der Waals surface area contributed by atoms with Gasteiger partial charge in [0.15, 0.2) is 5.84 Å². The fourth-order valence-electron chi connectivity index (χ4n) is 11.3. The second-order valence-corrected chi connectivity index (χ2v) is 17.5. The minimum atomic E-state index is -1.04. The molecule has 1 spiro atoms. The Kier molecular flexibility index (Phi) is 43.7. The molecule has 16 radical (unpaired) electrons. The fraction of sp³-hybridized carbons (Fsp3) is 0.333. The first-order chi connectivity index (χ1) is 26.6. The van der Waals surface area contributed by atoms with Crippen LogP contribution in [-0.4, -0.2) is 41.6 Å². The van der Waals surface area contributed by atoms with Crippen LogP contribution in [0.25, 0.3) is 21.5 Å². The summed E-state index contributed by atoms with van der Waals surface area (Å²) in [6, 6.07) is 3.88. The van der Waals surface area contributed by atoms with Crippen molar-refractivity contribution >= 4 is 56.5 Å². The SMILES string of the molecule is Cc1[c-]c2c(c(C)c1C)C1=Nc3c4c(C)c(C)c(C)c(C)c4c4n3[C@]35n6c(c7c(C)c(C)c(C)c(C)c7c6=NC6=[N+]3C(=N4)c3c(C)c(C)c(C)c(C)c36)=NC2=[N+]15.[Y].[Y].[Y].[Y].[Y].[Y].[Y].[Y].[Y].[Y].[Y].[Y].[Y].[Y].[Y].[Y]. The molecule has 12 rings (SSSR count). The van der Waals surface area contributed by atoms with Crippen LogP contribution in [0.4, 0.5) is 11.6 Å². The zero-order valence-corrected chi connectivity index (χ0v) is 89.7. The van der Waals surface area contributed by atoms with E-state index in [1.807, 2.05) is 0 Å². The average Bonchev–Trinajstić information content (AvgIpc) is 3.90. The Labute approximate surface area is 828 Å². The summed E-state index contributed by atoms with van der Waals surface area (Å²) in [7, 11) is 0. The van der Waals surface area contributed by atoms with E-state index in [0.717, 1.165) is 62.6 Å². The van der Waals surface area contributed by atoms with Gasteiger partial charge in [0.2, 0.25) is 28.4 Å². The van der Waals surface area contributed by atoms with Crippen LogP contribution in [0.2, 0.25) is 0 Å². The molecule has 1 atom stereocenters. The second-order valence-electron chi connectivity index (χ2n) is 17.5. The van der Waals surface area contributed by atoms with E-state index in [-0.39, 0.29) is 523 Å². The number of nitrogens with zero attached hydrogens (tertiary/aromatic N) is 8. The molecule has 0 N–H and O–H groups in total. The Morgan fingerprint density at radius 3 is 1.06 bits per heavy atom. The molecule has 6 aliphatic heterocycles. The molecule has 4 aromatic carbocycles. The summed E-state index contributed by atoms with van der Waals surface area (Å²) in [5.41, 5.74) is 25.3. The molecule has 0 bridgehead atoms. The Balaban J connectivity index is -0.000000935. The summed E-state index contributed by atoms with van der Waals surface area (Å²) < 4.78 is 9.86. The van der Waals surface area contributed by atoms with E-state index in [1.165, 1.54) is 111 Å². The summed E-state index contributed by atoms with van der Waals surface area (Å²) in [5, 5.41) is 4.69. The minimum absolute atomic E-state index is 0. The van der Waals surface area contributed by atoms with E-state index < -0.39 is 5.91 Å². The summed E-state index contributed by atoms with van der Waals surface area (Å²) in [6.07, 6.45) is 0. The van der Waals surface area contributed by atoms with Crippen molar-refractivity contribution in [2.75, 3.05) is 0 Å². The fourth-order valence-corrected chi connectivity index (χ4v) is 11.3. The van der Waals surface area contributed by atoms with Gasteiger partial charge in [-0.15, -0.1) is 32.3 Å². The summed E-state index contributed by atoms with van der Waals surface area (Å²) in [6.45, 7) is 33.9. The van der Waals surface area contributed by atoms with Crippen LogP contribution in [0.5, 0.6) is 0 Å². The van der Waals surface area contributed by atoms with E-state index >= 15 is 0 Å². The van der Waals surface area contributed by atoms with Crippen LogP contribution in [-0.2, 0) is 529 Å². The van der Waals surface area contributed by atoms with Crippen LogP contribution in [0.15, 0.2) is 20.0 Å². The summed E-state index contributed by atoms with van der Waals surface area (Å²) in [4.78, 5) is 23.4. The van der Waals surface area contributed by atoms with Crippen LogP contribution >= 0.6 is 0 Å². The molecule has 6 aromatic rings. The van der Waals surface area contributed by atoms with Gasteiger partial charge in [-0.25, -0.2) is 0 Å². The third-order valence-corrected chi connectivity index (χ3v) is 15.7. The smallest absolute Gasteiger partial charge is 0.198 e. The molecule has 8 heterocycles. The van der Waals surface area contributed by atoms with Crippen LogP contribution in [0.3, 0.4) is 0 Å². The quantitative estimate of drug-likeness (QED) is 0.109. The van der Waals surface area contributed by atoms with Crippen LogP contribution < -0.4 is 11.0 Å². The van der Waals surface area contributed by atoms with Gasteiger partial charge in [0.1, 0.15) is 0 Å². The first-order valence-electron chi connectivity index (χ1n) is 20.0. The maximum Gasteiger partial charge on any atom is 0.396 e. The molecule has 0 unspecified atom stereocenters. The number of fused-ring (bicyclic) bond motifs is 12. The monoisotopic (exact) mass is 2160 g/mol. The molecule has 0 saturated heterocycles. The predicted octanol–water partition coefficient (Wildman–Crippen LogP) is 8.09. The molecule has 24 heteroatoms. The van der Waals surface area contributed by atoms with Gasteiger partial charge >= 0.3 is 5.91 Å². The summed E-state index contributed by atoms with van der Waals surface area (Å²) in [5.74, 6) is 4.52. The topological polar surface area (TPSA) is 65.3 Å². The Hall–Kier alpha value is 11.9. The number of rotatable bonds is 0. The molecule has 6 aliphatic rings. The molecule has 72 heavy (non-hydrogen) atoms. The molecule has 0 aliphatic carbocycles. The number of hydrogen-bond donors (Lipinski definition) is 0. The predicted molar refractivity (Wildman–Crippen MR) is 223 cm³/mol. The van der Waals surface area contributed by atoms with Crippen LogP contribution in [0, 0.1) is 110 Å². The molecular formula is C48H45N8Y16+. The van der Waals surface area contributed by atoms with Gasteiger partial charge in [-0.1, -0.05) is 41.3 Å². The molecule has 0 saturated carbocycles. The van der Waals surface area contributed by atoms with Gasteiger partial charge in [0.05, 0.1) is 32.7 Å². The number of aliphatic imine (C=N–C) groups is 2. The normalized spacial score (nSPS) is 14.5. The first kappa shape index (κ1) is 92.6. The van der Waals surface area contributed by atoms with Crippen molar-refractivity contribution in [3.8, 4) is 0 Å². The molecule has 324 valence electrons. The number of hydrogen-bond acceptors (Lipinski definition) is 4. The maximum absolute atomic E-state index is 5.86. The van der Waals surface area contributed by atoms with Crippen molar-refractivity contribution in [1.29, 1.82) is 0 Å². The van der Waals surface area contributed by atoms with E-state index in [1.54, 1.807) is 0 Å². The van der Waals surface area contributed by atoms with Gasteiger partial charge in [-0.3, -0.25) is 0 Å². The molecular weight excluding hydrogens is 2110 g/mol. The van der Waals surface area contributed by atoms with E-state index in [4.69, 9.17) is 20.0 Å².